The molecule has 3 aromatic rings. The van der Waals surface area contributed by atoms with Crippen molar-refractivity contribution in [1.29, 1.82) is 0 Å². The molecule has 0 aliphatic rings. The highest BCUT2D eigenvalue weighted by Gasteiger charge is 2.28. The maximum atomic E-state index is 13.4. The van der Waals surface area contributed by atoms with Crippen molar-refractivity contribution >= 4 is 50.5 Å². The quantitative estimate of drug-likeness (QED) is 0.529. The number of sulfonamides is 1. The summed E-state index contributed by atoms with van der Waals surface area (Å²) < 4.78 is 27.8. The zero-order valence-corrected chi connectivity index (χ0v) is 18.7. The molecule has 0 unspecified atom stereocenters. The van der Waals surface area contributed by atoms with Gasteiger partial charge < -0.3 is 5.32 Å². The normalized spacial score (nSPS) is 11.2. The number of carbonyl (C=O) groups is 1. The number of para-hydroxylation sites is 1. The first-order chi connectivity index (χ1) is 14.2. The number of amides is 1. The zero-order valence-electron chi connectivity index (χ0n) is 16.4. The van der Waals surface area contributed by atoms with E-state index in [-0.39, 0.29) is 15.6 Å². The van der Waals surface area contributed by atoms with E-state index < -0.39 is 22.5 Å². The second-order valence-corrected chi connectivity index (χ2v) is 9.49. The van der Waals surface area contributed by atoms with Gasteiger partial charge in [-0.2, -0.15) is 0 Å². The van der Waals surface area contributed by atoms with Crippen LogP contribution in [-0.4, -0.2) is 20.9 Å². The third kappa shape index (κ3) is 4.95. The van der Waals surface area contributed by atoms with Gasteiger partial charge in [0.1, 0.15) is 6.54 Å². The maximum absolute atomic E-state index is 13.4. The number of benzene rings is 3. The summed E-state index contributed by atoms with van der Waals surface area (Å²) in [6, 6.07) is 18.0. The molecule has 8 heteroatoms. The van der Waals surface area contributed by atoms with Crippen molar-refractivity contribution in [3.63, 3.8) is 0 Å². The summed E-state index contributed by atoms with van der Waals surface area (Å²) in [5.41, 5.74) is 2.46. The van der Waals surface area contributed by atoms with E-state index >= 15 is 0 Å². The molecule has 1 N–H and O–H groups in total. The van der Waals surface area contributed by atoms with Crippen LogP contribution in [0.1, 0.15) is 11.1 Å². The first-order valence-corrected chi connectivity index (χ1v) is 11.3. The van der Waals surface area contributed by atoms with Crippen molar-refractivity contribution in [3.05, 3.63) is 87.9 Å². The van der Waals surface area contributed by atoms with Crippen molar-refractivity contribution in [3.8, 4) is 0 Å². The number of nitrogens with one attached hydrogen (secondary N) is 1. The van der Waals surface area contributed by atoms with Gasteiger partial charge in [0.2, 0.25) is 5.91 Å². The molecular weight excluding hydrogens is 443 g/mol. The largest absolute Gasteiger partial charge is 0.324 e. The van der Waals surface area contributed by atoms with Gasteiger partial charge in [-0.25, -0.2) is 8.42 Å². The number of hydrogen-bond acceptors (Lipinski definition) is 3. The molecule has 0 bridgehead atoms. The fourth-order valence-electron chi connectivity index (χ4n) is 2.84. The summed E-state index contributed by atoms with van der Waals surface area (Å²) in [5.74, 6) is -0.518. The highest BCUT2D eigenvalue weighted by molar-refractivity contribution is 7.92. The molecule has 0 saturated carbocycles. The molecule has 156 valence electrons. The molecule has 0 heterocycles. The number of nitrogens with zero attached hydrogens (tertiary/aromatic N) is 1. The Kier molecular flexibility index (Phi) is 6.71. The van der Waals surface area contributed by atoms with Gasteiger partial charge in [0.05, 0.1) is 15.6 Å². The molecule has 0 aliphatic carbocycles. The van der Waals surface area contributed by atoms with E-state index in [0.29, 0.717) is 10.7 Å². The Labute approximate surface area is 186 Å². The number of rotatable bonds is 6. The van der Waals surface area contributed by atoms with E-state index in [1.807, 2.05) is 13.8 Å². The van der Waals surface area contributed by atoms with Gasteiger partial charge in [-0.05, 0) is 55.8 Å². The molecule has 0 spiro atoms. The summed E-state index contributed by atoms with van der Waals surface area (Å²) >= 11 is 12.3. The molecule has 0 aliphatic heterocycles. The van der Waals surface area contributed by atoms with Crippen LogP contribution in [0, 0.1) is 13.8 Å². The SMILES string of the molecule is Cc1ccc(S(=O)(=O)N(CC(=O)Nc2cc(Cl)ccc2C)c2ccccc2Cl)cc1. The second kappa shape index (κ2) is 9.08. The van der Waals surface area contributed by atoms with Gasteiger partial charge in [-0.1, -0.05) is 59.1 Å². The van der Waals surface area contributed by atoms with E-state index in [1.165, 1.54) is 12.1 Å². The summed E-state index contributed by atoms with van der Waals surface area (Å²) in [4.78, 5) is 12.9. The molecule has 0 fully saturated rings. The second-order valence-electron chi connectivity index (χ2n) is 6.78. The summed E-state index contributed by atoms with van der Waals surface area (Å²) in [6.45, 7) is 3.23. The monoisotopic (exact) mass is 462 g/mol. The van der Waals surface area contributed by atoms with Crippen LogP contribution < -0.4 is 9.62 Å². The highest BCUT2D eigenvalue weighted by atomic mass is 35.5. The van der Waals surface area contributed by atoms with E-state index in [2.05, 4.69) is 5.32 Å². The Morgan fingerprint density at radius 2 is 1.63 bits per heavy atom. The average Bonchev–Trinajstić information content (AvgIpc) is 2.70. The number of aryl methyl sites for hydroxylation is 2. The number of carbonyl (C=O) groups excluding carboxylic acids is 1. The molecular formula is C22H20Cl2N2O3S. The lowest BCUT2D eigenvalue weighted by Gasteiger charge is -2.25. The van der Waals surface area contributed by atoms with Gasteiger partial charge >= 0.3 is 0 Å². The minimum absolute atomic E-state index is 0.0692. The van der Waals surface area contributed by atoms with Crippen molar-refractivity contribution in [2.24, 2.45) is 0 Å². The van der Waals surface area contributed by atoms with Crippen LogP contribution in [0.2, 0.25) is 10.0 Å². The van der Waals surface area contributed by atoms with Gasteiger partial charge in [-0.3, -0.25) is 9.10 Å². The van der Waals surface area contributed by atoms with Crippen LogP contribution in [0.3, 0.4) is 0 Å². The molecule has 1 amide bonds. The van der Waals surface area contributed by atoms with Gasteiger partial charge in [0.15, 0.2) is 0 Å². The fourth-order valence-corrected chi connectivity index (χ4v) is 4.74. The topological polar surface area (TPSA) is 66.5 Å². The van der Waals surface area contributed by atoms with E-state index in [0.717, 1.165) is 15.4 Å². The van der Waals surface area contributed by atoms with Crippen molar-refractivity contribution in [1.82, 2.24) is 0 Å². The Hall–Kier alpha value is -2.54. The summed E-state index contributed by atoms with van der Waals surface area (Å²) in [7, 11) is -4.04. The fraction of sp³-hybridized carbons (Fsp3) is 0.136. The molecule has 0 atom stereocenters. The first-order valence-electron chi connectivity index (χ1n) is 9.08. The third-order valence-electron chi connectivity index (χ3n) is 4.49. The summed E-state index contributed by atoms with van der Waals surface area (Å²) in [5, 5.41) is 3.42. The molecule has 3 aromatic carbocycles. The minimum atomic E-state index is -4.04. The lowest BCUT2D eigenvalue weighted by atomic mass is 10.2. The highest BCUT2D eigenvalue weighted by Crippen LogP contribution is 2.30. The van der Waals surface area contributed by atoms with Gasteiger partial charge in [-0.15, -0.1) is 0 Å². The van der Waals surface area contributed by atoms with Crippen molar-refractivity contribution < 1.29 is 13.2 Å². The van der Waals surface area contributed by atoms with E-state index in [1.54, 1.807) is 54.6 Å². The maximum Gasteiger partial charge on any atom is 0.264 e. The molecule has 0 aromatic heterocycles. The minimum Gasteiger partial charge on any atom is -0.324 e. The van der Waals surface area contributed by atoms with Crippen molar-refractivity contribution in [2.75, 3.05) is 16.2 Å². The smallest absolute Gasteiger partial charge is 0.264 e. The predicted molar refractivity (Wildman–Crippen MR) is 122 cm³/mol. The van der Waals surface area contributed by atoms with Crippen LogP contribution in [0.4, 0.5) is 11.4 Å². The van der Waals surface area contributed by atoms with Crippen LogP contribution in [0.5, 0.6) is 0 Å². The third-order valence-corrected chi connectivity index (χ3v) is 6.82. The lowest BCUT2D eigenvalue weighted by molar-refractivity contribution is -0.114. The van der Waals surface area contributed by atoms with Crippen LogP contribution in [0.15, 0.2) is 71.6 Å². The lowest BCUT2D eigenvalue weighted by Crippen LogP contribution is -2.38. The Morgan fingerprint density at radius 3 is 2.30 bits per heavy atom. The number of anilines is 2. The van der Waals surface area contributed by atoms with Crippen molar-refractivity contribution in [2.45, 2.75) is 18.7 Å². The van der Waals surface area contributed by atoms with Gasteiger partial charge in [0, 0.05) is 10.7 Å². The average molecular weight is 463 g/mol. The Morgan fingerprint density at radius 1 is 0.967 bits per heavy atom. The Balaban J connectivity index is 1.98. The summed E-state index contributed by atoms with van der Waals surface area (Å²) in [6.07, 6.45) is 0. The van der Waals surface area contributed by atoms with Crippen LogP contribution in [0.25, 0.3) is 0 Å². The first kappa shape index (κ1) is 22.2. The molecule has 0 radical (unpaired) electrons. The number of hydrogen-bond donors (Lipinski definition) is 1. The van der Waals surface area contributed by atoms with Crippen LogP contribution >= 0.6 is 23.2 Å². The molecule has 0 saturated heterocycles. The molecule has 3 rings (SSSR count). The van der Waals surface area contributed by atoms with E-state index in [9.17, 15) is 13.2 Å². The van der Waals surface area contributed by atoms with Gasteiger partial charge in [0.25, 0.3) is 10.0 Å². The zero-order chi connectivity index (χ0) is 21.9. The Bertz CT molecular complexity index is 1180. The number of halogens is 2. The molecule has 5 nitrogen and oxygen atoms in total. The van der Waals surface area contributed by atoms with Crippen LogP contribution in [-0.2, 0) is 14.8 Å². The van der Waals surface area contributed by atoms with E-state index in [4.69, 9.17) is 23.2 Å². The molecule has 30 heavy (non-hydrogen) atoms. The standard InChI is InChI=1S/C22H20Cl2N2O3S/c1-15-7-11-18(12-8-15)30(28,29)26(21-6-4-3-5-19(21)24)14-22(27)25-20-13-17(23)10-9-16(20)2/h3-13H,14H2,1-2H3,(H,25,27). The predicted octanol–water partition coefficient (Wildman–Crippen LogP) is 5.44.